The van der Waals surface area contributed by atoms with E-state index in [1.807, 2.05) is 0 Å². The van der Waals surface area contributed by atoms with Gasteiger partial charge in [0.15, 0.2) is 0 Å². The SMILES string of the molecule is IN(I)C1CCC1. The molecule has 1 aliphatic carbocycles. The Morgan fingerprint density at radius 3 is 1.86 bits per heavy atom. The van der Waals surface area contributed by atoms with Crippen LogP contribution in [0.25, 0.3) is 0 Å². The Kier molecular flexibility index (Phi) is 2.63. The van der Waals surface area contributed by atoms with E-state index >= 15 is 0 Å². The van der Waals surface area contributed by atoms with Gasteiger partial charge in [-0.2, -0.15) is 1.33 Å². The highest BCUT2D eigenvalue weighted by atomic mass is 127. The summed E-state index contributed by atoms with van der Waals surface area (Å²) in [6.45, 7) is 0. The summed E-state index contributed by atoms with van der Waals surface area (Å²) in [5.74, 6) is 0. The van der Waals surface area contributed by atoms with Gasteiger partial charge in [-0.05, 0) is 12.8 Å². The first-order valence-electron chi connectivity index (χ1n) is 2.41. The quantitative estimate of drug-likeness (QED) is 0.530. The van der Waals surface area contributed by atoms with Crippen molar-refractivity contribution in [3.05, 3.63) is 0 Å². The molecular formula is C4H7I2N. The summed E-state index contributed by atoms with van der Waals surface area (Å²) in [6.07, 6.45) is 4.25. The maximum atomic E-state index is 2.34. The third-order valence-electron chi connectivity index (χ3n) is 1.35. The highest BCUT2D eigenvalue weighted by Gasteiger charge is 2.20. The maximum absolute atomic E-state index is 2.34. The predicted molar refractivity (Wildman–Crippen MR) is 47.5 cm³/mol. The van der Waals surface area contributed by atoms with Crippen molar-refractivity contribution < 1.29 is 0 Å². The second-order valence-electron chi connectivity index (χ2n) is 1.84. The summed E-state index contributed by atoms with van der Waals surface area (Å²) in [4.78, 5) is 0. The van der Waals surface area contributed by atoms with Gasteiger partial charge >= 0.3 is 0 Å². The summed E-state index contributed by atoms with van der Waals surface area (Å²) < 4.78 is 2.25. The molecule has 42 valence electrons. The minimum atomic E-state index is 0.890. The smallest absolute Gasteiger partial charge is 0.0311 e. The van der Waals surface area contributed by atoms with Crippen LogP contribution in [0.15, 0.2) is 0 Å². The first-order valence-corrected chi connectivity index (χ1v) is 4.34. The van der Waals surface area contributed by atoms with Crippen LogP contribution in [-0.4, -0.2) is 7.37 Å². The molecule has 0 bridgehead atoms. The van der Waals surface area contributed by atoms with Gasteiger partial charge in [-0.25, -0.2) is 0 Å². The molecule has 0 saturated heterocycles. The Morgan fingerprint density at radius 2 is 1.86 bits per heavy atom. The fourth-order valence-electron chi connectivity index (χ4n) is 0.582. The number of nitrogens with zero attached hydrogens (tertiary/aromatic N) is 1. The van der Waals surface area contributed by atoms with E-state index in [2.05, 4.69) is 47.1 Å². The molecule has 0 aliphatic heterocycles. The van der Waals surface area contributed by atoms with Gasteiger partial charge in [0.1, 0.15) is 0 Å². The van der Waals surface area contributed by atoms with E-state index in [0.29, 0.717) is 0 Å². The Labute approximate surface area is 71.8 Å². The van der Waals surface area contributed by atoms with Crippen LogP contribution < -0.4 is 0 Å². The predicted octanol–water partition coefficient (Wildman–Crippen LogP) is 2.54. The van der Waals surface area contributed by atoms with Crippen LogP contribution in [0, 0.1) is 0 Å². The van der Waals surface area contributed by atoms with Crippen molar-refractivity contribution in [1.29, 1.82) is 0 Å². The molecule has 7 heavy (non-hydrogen) atoms. The van der Waals surface area contributed by atoms with Crippen molar-refractivity contribution in [2.24, 2.45) is 0 Å². The van der Waals surface area contributed by atoms with Crippen LogP contribution in [0.4, 0.5) is 0 Å². The summed E-state index contributed by atoms with van der Waals surface area (Å²) in [5, 5.41) is 0. The third kappa shape index (κ3) is 1.67. The lowest BCUT2D eigenvalue weighted by Gasteiger charge is -2.28. The molecule has 0 aromatic heterocycles. The van der Waals surface area contributed by atoms with Crippen LogP contribution in [0.2, 0.25) is 0 Å². The number of hydrogen-bond donors (Lipinski definition) is 0. The van der Waals surface area contributed by atoms with Crippen molar-refractivity contribution in [2.75, 3.05) is 0 Å². The molecule has 3 heteroatoms. The minimum Gasteiger partial charge on any atom is -0.185 e. The van der Waals surface area contributed by atoms with Gasteiger partial charge in [0.05, 0.1) is 0 Å². The zero-order chi connectivity index (χ0) is 5.28. The fraction of sp³-hybridized carbons (Fsp3) is 1.00. The van der Waals surface area contributed by atoms with Crippen LogP contribution in [-0.2, 0) is 0 Å². The molecular weight excluding hydrogens is 316 g/mol. The van der Waals surface area contributed by atoms with E-state index in [0.717, 1.165) is 6.04 Å². The summed E-state index contributed by atoms with van der Waals surface area (Å²) >= 11 is 4.68. The lowest BCUT2D eigenvalue weighted by molar-refractivity contribution is 0.352. The number of rotatable bonds is 1. The van der Waals surface area contributed by atoms with Gasteiger partial charge in [0.2, 0.25) is 0 Å². The molecule has 0 aromatic carbocycles. The molecule has 1 aliphatic rings. The van der Waals surface area contributed by atoms with Crippen molar-refractivity contribution in [2.45, 2.75) is 25.3 Å². The topological polar surface area (TPSA) is 3.24 Å². The average Bonchev–Trinajstić information content (AvgIpc) is 1.23. The summed E-state index contributed by atoms with van der Waals surface area (Å²) in [5.41, 5.74) is 0. The molecule has 0 heterocycles. The van der Waals surface area contributed by atoms with Gasteiger partial charge in [-0.15, -0.1) is 0 Å². The molecule has 1 saturated carbocycles. The molecule has 0 amide bonds. The lowest BCUT2D eigenvalue weighted by atomic mass is 9.95. The Bertz CT molecular complexity index is 60.7. The van der Waals surface area contributed by atoms with E-state index < -0.39 is 0 Å². The van der Waals surface area contributed by atoms with Crippen molar-refractivity contribution >= 4 is 45.7 Å². The monoisotopic (exact) mass is 323 g/mol. The van der Waals surface area contributed by atoms with Gasteiger partial charge in [-0.3, -0.25) is 0 Å². The molecule has 0 radical (unpaired) electrons. The van der Waals surface area contributed by atoms with Crippen LogP contribution >= 0.6 is 45.7 Å². The van der Waals surface area contributed by atoms with E-state index in [-0.39, 0.29) is 0 Å². The molecule has 0 unspecified atom stereocenters. The second-order valence-corrected chi connectivity index (χ2v) is 5.77. The molecule has 1 rings (SSSR count). The lowest BCUT2D eigenvalue weighted by Crippen LogP contribution is -2.25. The molecule has 0 aromatic rings. The van der Waals surface area contributed by atoms with Gasteiger partial charge in [0, 0.05) is 51.8 Å². The van der Waals surface area contributed by atoms with Crippen molar-refractivity contribution in [1.82, 2.24) is 1.33 Å². The van der Waals surface area contributed by atoms with Crippen molar-refractivity contribution in [3.8, 4) is 0 Å². The highest BCUT2D eigenvalue weighted by molar-refractivity contribution is 14.2. The van der Waals surface area contributed by atoms with E-state index in [4.69, 9.17) is 0 Å². The van der Waals surface area contributed by atoms with Crippen LogP contribution in [0.5, 0.6) is 0 Å². The molecule has 0 spiro atoms. The Balaban J connectivity index is 2.14. The Hall–Kier alpha value is 1.42. The molecule has 0 N–H and O–H groups in total. The first kappa shape index (κ1) is 6.54. The van der Waals surface area contributed by atoms with Crippen LogP contribution in [0.3, 0.4) is 0 Å². The van der Waals surface area contributed by atoms with Gasteiger partial charge < -0.3 is 0 Å². The van der Waals surface area contributed by atoms with E-state index in [1.165, 1.54) is 19.3 Å². The number of hydrogen-bond acceptors (Lipinski definition) is 1. The maximum Gasteiger partial charge on any atom is 0.0311 e. The summed E-state index contributed by atoms with van der Waals surface area (Å²) in [7, 11) is 0. The van der Waals surface area contributed by atoms with E-state index in [1.54, 1.807) is 0 Å². The minimum absolute atomic E-state index is 0.890. The Morgan fingerprint density at radius 1 is 1.29 bits per heavy atom. The zero-order valence-electron chi connectivity index (χ0n) is 3.90. The second kappa shape index (κ2) is 2.82. The molecule has 0 atom stereocenters. The largest absolute Gasteiger partial charge is 0.185 e. The average molecular weight is 323 g/mol. The van der Waals surface area contributed by atoms with Crippen LogP contribution in [0.1, 0.15) is 19.3 Å². The third-order valence-corrected chi connectivity index (χ3v) is 2.93. The first-order chi connectivity index (χ1) is 3.30. The highest BCUT2D eigenvalue weighted by Crippen LogP contribution is 2.29. The van der Waals surface area contributed by atoms with E-state index in [9.17, 15) is 0 Å². The van der Waals surface area contributed by atoms with Gasteiger partial charge in [-0.1, -0.05) is 6.42 Å². The van der Waals surface area contributed by atoms with Gasteiger partial charge in [0.25, 0.3) is 0 Å². The molecule has 1 fully saturated rings. The zero-order valence-corrected chi connectivity index (χ0v) is 8.22. The van der Waals surface area contributed by atoms with Crippen molar-refractivity contribution in [3.63, 3.8) is 0 Å². The standard InChI is InChI=1S/C4H7I2N/c5-7(6)4-2-1-3-4/h4H,1-3H2. The normalized spacial score (nSPS) is 22.7. The summed E-state index contributed by atoms with van der Waals surface area (Å²) in [6, 6.07) is 0.890. The molecule has 1 nitrogen and oxygen atoms in total. The fourth-order valence-corrected chi connectivity index (χ4v) is 1.70. The number of halogens is 2.